The second-order valence-corrected chi connectivity index (χ2v) is 6.55. The Kier molecular flexibility index (Phi) is 8.70. The first-order valence-electron chi connectivity index (χ1n) is 8.73. The minimum absolute atomic E-state index is 0.241. The normalized spacial score (nSPS) is 13.7. The second kappa shape index (κ2) is 10.3. The Hall–Kier alpha value is -1.55. The fourth-order valence-electron chi connectivity index (χ4n) is 2.81. The van der Waals surface area contributed by atoms with Gasteiger partial charge in [0, 0.05) is 32.2 Å². The molecule has 0 spiro atoms. The third-order valence-corrected chi connectivity index (χ3v) is 4.09. The van der Waals surface area contributed by atoms with Gasteiger partial charge in [0.05, 0.1) is 6.04 Å². The molecule has 2 N–H and O–H groups in total. The summed E-state index contributed by atoms with van der Waals surface area (Å²) in [5, 5.41) is 6.86. The molecule has 0 amide bonds. The lowest BCUT2D eigenvalue weighted by Crippen LogP contribution is -2.41. The molecule has 0 fully saturated rings. The number of rotatable bonds is 8. The van der Waals surface area contributed by atoms with Crippen LogP contribution in [0, 0.1) is 0 Å². The number of nitrogens with one attached hydrogen (secondary N) is 2. The minimum Gasteiger partial charge on any atom is -0.356 e. The van der Waals surface area contributed by atoms with Crippen LogP contribution in [-0.4, -0.2) is 43.1 Å². The minimum atomic E-state index is 0.241. The molecule has 0 saturated carbocycles. The van der Waals surface area contributed by atoms with Gasteiger partial charge in [0.15, 0.2) is 5.96 Å². The highest BCUT2D eigenvalue weighted by molar-refractivity contribution is 5.80. The van der Waals surface area contributed by atoms with E-state index < -0.39 is 0 Å². The summed E-state index contributed by atoms with van der Waals surface area (Å²) in [4.78, 5) is 6.84. The van der Waals surface area contributed by atoms with E-state index in [1.54, 1.807) is 0 Å². The molecule has 1 rings (SSSR count). The largest absolute Gasteiger partial charge is 0.356 e. The predicted molar refractivity (Wildman–Crippen MR) is 101 cm³/mol. The number of nitrogens with zero attached hydrogens (tertiary/aromatic N) is 2. The summed E-state index contributed by atoms with van der Waals surface area (Å²) >= 11 is 0. The first kappa shape index (κ1) is 19.5. The van der Waals surface area contributed by atoms with Crippen molar-refractivity contribution in [2.24, 2.45) is 4.99 Å². The maximum absolute atomic E-state index is 4.32. The Morgan fingerprint density at radius 1 is 1.04 bits per heavy atom. The molecule has 0 aromatic heterocycles. The molecular formula is C19H34N4. The Balaban J connectivity index is 2.37. The number of aliphatic imine (C=N–C) groups is 1. The van der Waals surface area contributed by atoms with Crippen LogP contribution in [0.25, 0.3) is 0 Å². The van der Waals surface area contributed by atoms with Crippen molar-refractivity contribution in [1.82, 2.24) is 15.5 Å². The molecular weight excluding hydrogens is 284 g/mol. The molecule has 23 heavy (non-hydrogen) atoms. The van der Waals surface area contributed by atoms with E-state index in [2.05, 4.69) is 79.4 Å². The SMILES string of the molecule is CN=C(NCCCN(C(C)C)C(C)C)NC(C)c1ccccc1. The number of benzene rings is 1. The van der Waals surface area contributed by atoms with E-state index in [-0.39, 0.29) is 6.04 Å². The molecule has 0 aliphatic carbocycles. The Bertz CT molecular complexity index is 446. The molecule has 0 saturated heterocycles. The molecule has 4 nitrogen and oxygen atoms in total. The average molecular weight is 319 g/mol. The van der Waals surface area contributed by atoms with E-state index in [0.717, 1.165) is 25.5 Å². The zero-order valence-electron chi connectivity index (χ0n) is 15.6. The second-order valence-electron chi connectivity index (χ2n) is 6.55. The van der Waals surface area contributed by atoms with Gasteiger partial charge in [0.2, 0.25) is 0 Å². The maximum Gasteiger partial charge on any atom is 0.191 e. The first-order valence-corrected chi connectivity index (χ1v) is 8.73. The fourth-order valence-corrected chi connectivity index (χ4v) is 2.81. The quantitative estimate of drug-likeness (QED) is 0.438. The molecule has 0 radical (unpaired) electrons. The third-order valence-electron chi connectivity index (χ3n) is 4.09. The summed E-state index contributed by atoms with van der Waals surface area (Å²) in [6.07, 6.45) is 1.11. The van der Waals surface area contributed by atoms with Gasteiger partial charge >= 0.3 is 0 Å². The summed E-state index contributed by atoms with van der Waals surface area (Å²) in [5.74, 6) is 0.863. The van der Waals surface area contributed by atoms with Crippen molar-refractivity contribution in [2.45, 2.75) is 59.2 Å². The third kappa shape index (κ3) is 7.04. The number of hydrogen-bond donors (Lipinski definition) is 2. The van der Waals surface area contributed by atoms with E-state index >= 15 is 0 Å². The van der Waals surface area contributed by atoms with Gasteiger partial charge in [0.1, 0.15) is 0 Å². The van der Waals surface area contributed by atoms with Gasteiger partial charge in [-0.25, -0.2) is 0 Å². The van der Waals surface area contributed by atoms with Crippen molar-refractivity contribution in [1.29, 1.82) is 0 Å². The van der Waals surface area contributed by atoms with Crippen LogP contribution in [0.3, 0.4) is 0 Å². The Morgan fingerprint density at radius 3 is 2.17 bits per heavy atom. The van der Waals surface area contributed by atoms with Crippen LogP contribution in [0.1, 0.15) is 52.6 Å². The van der Waals surface area contributed by atoms with E-state index in [1.807, 2.05) is 13.1 Å². The van der Waals surface area contributed by atoms with E-state index in [9.17, 15) is 0 Å². The summed E-state index contributed by atoms with van der Waals surface area (Å²) in [6.45, 7) is 13.2. The van der Waals surface area contributed by atoms with E-state index in [4.69, 9.17) is 0 Å². The van der Waals surface area contributed by atoms with Crippen LogP contribution in [0.15, 0.2) is 35.3 Å². The maximum atomic E-state index is 4.32. The van der Waals surface area contributed by atoms with Gasteiger partial charge < -0.3 is 10.6 Å². The lowest BCUT2D eigenvalue weighted by atomic mass is 10.1. The lowest BCUT2D eigenvalue weighted by molar-refractivity contribution is 0.173. The van der Waals surface area contributed by atoms with E-state index in [0.29, 0.717) is 12.1 Å². The van der Waals surface area contributed by atoms with Gasteiger partial charge in [-0.3, -0.25) is 9.89 Å². The molecule has 1 aromatic rings. The standard InChI is InChI=1S/C19H34N4/c1-15(2)23(16(3)4)14-10-13-21-19(20-6)22-17(5)18-11-8-7-9-12-18/h7-9,11-12,15-17H,10,13-14H2,1-6H3,(H2,20,21,22). The van der Waals surface area contributed by atoms with Crippen molar-refractivity contribution >= 4 is 5.96 Å². The number of guanidine groups is 1. The first-order chi connectivity index (χ1) is 11.0. The van der Waals surface area contributed by atoms with Gasteiger partial charge in [-0.15, -0.1) is 0 Å². The molecule has 0 heterocycles. The average Bonchev–Trinajstić information content (AvgIpc) is 2.53. The summed E-state index contributed by atoms with van der Waals surface area (Å²) in [6, 6.07) is 11.9. The molecule has 1 atom stereocenters. The summed E-state index contributed by atoms with van der Waals surface area (Å²) in [7, 11) is 1.82. The lowest BCUT2D eigenvalue weighted by Gasteiger charge is -2.30. The van der Waals surface area contributed by atoms with Crippen LogP contribution >= 0.6 is 0 Å². The monoisotopic (exact) mass is 318 g/mol. The zero-order valence-corrected chi connectivity index (χ0v) is 15.6. The van der Waals surface area contributed by atoms with Crippen LogP contribution < -0.4 is 10.6 Å². The fraction of sp³-hybridized carbons (Fsp3) is 0.632. The summed E-state index contributed by atoms with van der Waals surface area (Å²) < 4.78 is 0. The van der Waals surface area contributed by atoms with Crippen LogP contribution in [0.5, 0.6) is 0 Å². The Labute approximate surface area is 142 Å². The highest BCUT2D eigenvalue weighted by Crippen LogP contribution is 2.10. The molecule has 0 aliphatic heterocycles. The Morgan fingerprint density at radius 2 is 1.65 bits per heavy atom. The van der Waals surface area contributed by atoms with Crippen molar-refractivity contribution in [3.63, 3.8) is 0 Å². The molecule has 0 aliphatic rings. The highest BCUT2D eigenvalue weighted by Gasteiger charge is 2.12. The van der Waals surface area contributed by atoms with Crippen LogP contribution in [0.2, 0.25) is 0 Å². The van der Waals surface area contributed by atoms with Gasteiger partial charge in [0.25, 0.3) is 0 Å². The van der Waals surface area contributed by atoms with Crippen molar-refractivity contribution < 1.29 is 0 Å². The molecule has 1 aromatic carbocycles. The van der Waals surface area contributed by atoms with Crippen molar-refractivity contribution in [3.05, 3.63) is 35.9 Å². The van der Waals surface area contributed by atoms with Gasteiger partial charge in [-0.05, 0) is 46.6 Å². The van der Waals surface area contributed by atoms with Gasteiger partial charge in [-0.1, -0.05) is 30.3 Å². The summed E-state index contributed by atoms with van der Waals surface area (Å²) in [5.41, 5.74) is 1.27. The number of hydrogen-bond acceptors (Lipinski definition) is 2. The smallest absolute Gasteiger partial charge is 0.191 e. The molecule has 0 bridgehead atoms. The van der Waals surface area contributed by atoms with Crippen LogP contribution in [-0.2, 0) is 0 Å². The molecule has 1 unspecified atom stereocenters. The highest BCUT2D eigenvalue weighted by atomic mass is 15.2. The van der Waals surface area contributed by atoms with Crippen LogP contribution in [0.4, 0.5) is 0 Å². The topological polar surface area (TPSA) is 39.7 Å². The van der Waals surface area contributed by atoms with Gasteiger partial charge in [-0.2, -0.15) is 0 Å². The molecule has 130 valence electrons. The van der Waals surface area contributed by atoms with Crippen molar-refractivity contribution in [2.75, 3.05) is 20.1 Å². The zero-order chi connectivity index (χ0) is 17.2. The van der Waals surface area contributed by atoms with Crippen molar-refractivity contribution in [3.8, 4) is 0 Å². The van der Waals surface area contributed by atoms with E-state index in [1.165, 1.54) is 5.56 Å². The predicted octanol–water partition coefficient (Wildman–Crippen LogP) is 3.42. The molecule has 4 heteroatoms.